The number of hydrogen-bond acceptors (Lipinski definition) is 6. The zero-order chi connectivity index (χ0) is 29.5. The van der Waals surface area contributed by atoms with Crippen molar-refractivity contribution in [3.63, 3.8) is 0 Å². The molecule has 2 aromatic carbocycles. The van der Waals surface area contributed by atoms with Crippen molar-refractivity contribution in [1.29, 1.82) is 0 Å². The van der Waals surface area contributed by atoms with Crippen LogP contribution in [0.15, 0.2) is 30.3 Å². The zero-order valence-electron chi connectivity index (χ0n) is 24.2. The molecule has 42 heavy (non-hydrogen) atoms. The zero-order valence-corrected chi connectivity index (χ0v) is 24.2. The number of nitrogens with zero attached hydrogens (tertiary/aromatic N) is 4. The molecular formula is C32H36F3N5O2. The average molecular weight is 580 g/mol. The highest BCUT2D eigenvalue weighted by Crippen LogP contribution is 2.44. The van der Waals surface area contributed by atoms with Gasteiger partial charge in [0, 0.05) is 60.6 Å². The third-order valence-corrected chi connectivity index (χ3v) is 8.78. The van der Waals surface area contributed by atoms with Gasteiger partial charge in [0.2, 0.25) is 5.91 Å². The Morgan fingerprint density at radius 3 is 2.60 bits per heavy atom. The molecule has 0 radical (unpaired) electrons. The number of benzene rings is 2. The Hall–Kier alpha value is -3.66. The number of aromatic nitrogens is 2. The molecule has 0 saturated carbocycles. The van der Waals surface area contributed by atoms with Gasteiger partial charge in [-0.1, -0.05) is 24.3 Å². The van der Waals surface area contributed by atoms with Gasteiger partial charge in [0.05, 0.1) is 23.7 Å². The van der Waals surface area contributed by atoms with Gasteiger partial charge >= 0.3 is 0 Å². The second-order valence-electron chi connectivity index (χ2n) is 11.6. The van der Waals surface area contributed by atoms with Crippen LogP contribution in [0.2, 0.25) is 0 Å². The molecule has 1 saturated heterocycles. The van der Waals surface area contributed by atoms with Crippen LogP contribution in [0.25, 0.3) is 16.5 Å². The van der Waals surface area contributed by atoms with Gasteiger partial charge in [-0.3, -0.25) is 4.79 Å². The Labute approximate surface area is 243 Å². The molecule has 222 valence electrons. The number of rotatable bonds is 6. The van der Waals surface area contributed by atoms with E-state index in [9.17, 15) is 18.0 Å². The number of likely N-dealkylation sites (N-methyl/N-ethyl adjacent to an activating group) is 1. The lowest BCUT2D eigenvalue weighted by Gasteiger charge is -2.35. The topological polar surface area (TPSA) is 70.6 Å². The second kappa shape index (κ2) is 11.6. The van der Waals surface area contributed by atoms with Gasteiger partial charge in [-0.25, -0.2) is 23.1 Å². The van der Waals surface area contributed by atoms with Crippen molar-refractivity contribution in [3.05, 3.63) is 64.2 Å². The van der Waals surface area contributed by atoms with Crippen LogP contribution in [-0.4, -0.2) is 65.5 Å². The maximum atomic E-state index is 15.0. The number of piperazine rings is 1. The molecule has 3 aliphatic rings. The predicted octanol–water partition coefficient (Wildman–Crippen LogP) is 6.08. The SMILES string of the molecule is Cc1nc(N[C@H](C)c2cccc(C(F)F)c2F)c2cc(C3=CCC(C(=O)N4CCN(C)CC4)CC3)c3c(c2n1)CCO3. The van der Waals surface area contributed by atoms with Crippen LogP contribution in [-0.2, 0) is 11.2 Å². The molecular weight excluding hydrogens is 543 g/mol. The number of carbonyl (C=O) groups excluding carboxylic acids is 1. The van der Waals surface area contributed by atoms with E-state index < -0.39 is 23.8 Å². The molecule has 2 atom stereocenters. The van der Waals surface area contributed by atoms with Gasteiger partial charge < -0.3 is 19.9 Å². The summed E-state index contributed by atoms with van der Waals surface area (Å²) in [4.78, 5) is 26.8. The minimum atomic E-state index is -2.90. The van der Waals surface area contributed by atoms with Crippen molar-refractivity contribution < 1.29 is 22.7 Å². The Bertz CT molecular complexity index is 1550. The van der Waals surface area contributed by atoms with Crippen LogP contribution >= 0.6 is 0 Å². The molecule has 1 aliphatic carbocycles. The van der Waals surface area contributed by atoms with Crippen molar-refractivity contribution in [2.75, 3.05) is 45.2 Å². The van der Waals surface area contributed by atoms with E-state index in [1.165, 1.54) is 12.1 Å². The summed E-state index contributed by atoms with van der Waals surface area (Å²) in [5.74, 6) is 1.20. The van der Waals surface area contributed by atoms with Gasteiger partial charge in [0.15, 0.2) is 0 Å². The summed E-state index contributed by atoms with van der Waals surface area (Å²) in [5, 5.41) is 4.05. The first-order chi connectivity index (χ1) is 20.2. The Morgan fingerprint density at radius 2 is 1.88 bits per heavy atom. The summed E-state index contributed by atoms with van der Waals surface area (Å²) in [6, 6.07) is 5.47. The fourth-order valence-corrected chi connectivity index (χ4v) is 6.37. The van der Waals surface area contributed by atoms with Crippen LogP contribution in [0.1, 0.15) is 66.7 Å². The van der Waals surface area contributed by atoms with Crippen LogP contribution < -0.4 is 10.1 Å². The Morgan fingerprint density at radius 1 is 1.12 bits per heavy atom. The number of hydrogen-bond donors (Lipinski definition) is 1. The average Bonchev–Trinajstić information content (AvgIpc) is 3.47. The molecule has 1 N–H and O–H groups in total. The third kappa shape index (κ3) is 5.32. The number of halogens is 3. The fourth-order valence-electron chi connectivity index (χ4n) is 6.37. The number of ether oxygens (including phenoxy) is 1. The standard InChI is InChI=1S/C32H36F3N5O2/c1-18(22-5-4-6-23(27(22)33)30(34)35)36-31-26-17-25(29-24(11-16-42-29)28(26)37-19(2)38-31)20-7-9-21(10-8-20)32(41)40-14-12-39(3)13-15-40/h4-7,17-18,21,30H,8-16H2,1-3H3,(H,36,37,38)/t18-,21?/m1/s1. The number of anilines is 1. The molecule has 1 unspecified atom stereocenters. The van der Waals surface area contributed by atoms with E-state index in [0.29, 0.717) is 31.1 Å². The first kappa shape index (κ1) is 28.5. The third-order valence-electron chi connectivity index (χ3n) is 8.78. The number of nitrogens with one attached hydrogen (secondary N) is 1. The summed E-state index contributed by atoms with van der Waals surface area (Å²) in [7, 11) is 2.08. The van der Waals surface area contributed by atoms with E-state index in [1.54, 1.807) is 13.8 Å². The molecule has 10 heteroatoms. The highest BCUT2D eigenvalue weighted by atomic mass is 19.3. The quantitative estimate of drug-likeness (QED) is 0.382. The van der Waals surface area contributed by atoms with Crippen LogP contribution in [0.3, 0.4) is 0 Å². The summed E-state index contributed by atoms with van der Waals surface area (Å²) < 4.78 is 47.8. The first-order valence-corrected chi connectivity index (χ1v) is 14.7. The molecule has 3 heterocycles. The van der Waals surface area contributed by atoms with Gasteiger partial charge in [-0.05, 0) is 51.8 Å². The lowest BCUT2D eigenvalue weighted by atomic mass is 9.84. The monoisotopic (exact) mass is 579 g/mol. The maximum Gasteiger partial charge on any atom is 0.266 e. The summed E-state index contributed by atoms with van der Waals surface area (Å²) in [6.07, 6.45) is 2.18. The number of carbonyl (C=O) groups is 1. The molecule has 2 aliphatic heterocycles. The molecule has 3 aromatic rings. The smallest absolute Gasteiger partial charge is 0.266 e. The van der Waals surface area contributed by atoms with Crippen molar-refractivity contribution in [2.45, 2.75) is 52.0 Å². The fraction of sp³-hybridized carbons (Fsp3) is 0.469. The van der Waals surface area contributed by atoms with Crippen LogP contribution in [0.4, 0.5) is 19.0 Å². The number of amides is 1. The van der Waals surface area contributed by atoms with E-state index in [-0.39, 0.29) is 17.4 Å². The largest absolute Gasteiger partial charge is 0.492 e. The number of allylic oxidation sites excluding steroid dienone is 2. The highest BCUT2D eigenvalue weighted by molar-refractivity contribution is 5.97. The van der Waals surface area contributed by atoms with Gasteiger partial charge in [-0.15, -0.1) is 0 Å². The van der Waals surface area contributed by atoms with E-state index >= 15 is 0 Å². The molecule has 0 bridgehead atoms. The van der Waals surface area contributed by atoms with Crippen molar-refractivity contribution in [2.24, 2.45) is 5.92 Å². The molecule has 1 aromatic heterocycles. The molecule has 1 fully saturated rings. The predicted molar refractivity (Wildman–Crippen MR) is 156 cm³/mol. The Balaban J connectivity index is 1.32. The summed E-state index contributed by atoms with van der Waals surface area (Å²) in [6.45, 7) is 7.44. The Kier molecular flexibility index (Phi) is 7.83. The van der Waals surface area contributed by atoms with E-state index in [0.717, 1.165) is 78.4 Å². The molecule has 1 amide bonds. The maximum absolute atomic E-state index is 15.0. The normalized spacial score (nSPS) is 19.9. The minimum Gasteiger partial charge on any atom is -0.492 e. The van der Waals surface area contributed by atoms with Crippen molar-refractivity contribution in [1.82, 2.24) is 19.8 Å². The number of fused-ring (bicyclic) bond motifs is 3. The van der Waals surface area contributed by atoms with E-state index in [2.05, 4.69) is 28.3 Å². The van der Waals surface area contributed by atoms with Crippen LogP contribution in [0, 0.1) is 18.7 Å². The van der Waals surface area contributed by atoms with Crippen molar-refractivity contribution in [3.8, 4) is 5.75 Å². The molecule has 6 rings (SSSR count). The second-order valence-corrected chi connectivity index (χ2v) is 11.6. The van der Waals surface area contributed by atoms with Gasteiger partial charge in [0.1, 0.15) is 23.2 Å². The van der Waals surface area contributed by atoms with E-state index in [4.69, 9.17) is 9.72 Å². The van der Waals surface area contributed by atoms with Crippen molar-refractivity contribution >= 4 is 28.2 Å². The van der Waals surface area contributed by atoms with E-state index in [1.807, 2.05) is 11.0 Å². The lowest BCUT2D eigenvalue weighted by molar-refractivity contribution is -0.137. The minimum absolute atomic E-state index is 0.0189. The van der Waals surface area contributed by atoms with Crippen LogP contribution in [0.5, 0.6) is 5.75 Å². The molecule has 0 spiro atoms. The number of aryl methyl sites for hydroxylation is 1. The molecule has 7 nitrogen and oxygen atoms in total. The van der Waals surface area contributed by atoms with Gasteiger partial charge in [0.25, 0.3) is 6.43 Å². The highest BCUT2D eigenvalue weighted by Gasteiger charge is 2.31. The first-order valence-electron chi connectivity index (χ1n) is 14.7. The van der Waals surface area contributed by atoms with Gasteiger partial charge in [-0.2, -0.15) is 0 Å². The summed E-state index contributed by atoms with van der Waals surface area (Å²) >= 11 is 0. The lowest BCUT2D eigenvalue weighted by Crippen LogP contribution is -2.49. The summed E-state index contributed by atoms with van der Waals surface area (Å²) in [5.41, 5.74) is 3.41. The number of alkyl halides is 2.